The molecule has 0 fully saturated rings. The highest BCUT2D eigenvalue weighted by atomic mass is 35.5. The Hall–Kier alpha value is -1.16. The van der Waals surface area contributed by atoms with Gasteiger partial charge in [-0.25, -0.2) is 0 Å². The van der Waals surface area contributed by atoms with Crippen molar-refractivity contribution in [2.75, 3.05) is 19.4 Å². The summed E-state index contributed by atoms with van der Waals surface area (Å²) in [5, 5.41) is 4.15. The molecular formula is C16H18ClNOS. The van der Waals surface area contributed by atoms with E-state index in [1.54, 1.807) is 7.11 Å². The summed E-state index contributed by atoms with van der Waals surface area (Å²) in [7, 11) is 1.68. The number of halogens is 1. The highest BCUT2D eigenvalue weighted by Gasteiger charge is 2.03. The normalized spacial score (nSPS) is 10.5. The van der Waals surface area contributed by atoms with Crippen LogP contribution in [0.25, 0.3) is 0 Å². The molecule has 0 spiro atoms. The van der Waals surface area contributed by atoms with E-state index < -0.39 is 0 Å². The van der Waals surface area contributed by atoms with Crippen molar-refractivity contribution in [3.05, 3.63) is 59.1 Å². The Kier molecular flexibility index (Phi) is 6.25. The molecule has 0 radical (unpaired) electrons. The van der Waals surface area contributed by atoms with Gasteiger partial charge in [-0.2, -0.15) is 0 Å². The highest BCUT2D eigenvalue weighted by molar-refractivity contribution is 7.99. The van der Waals surface area contributed by atoms with Gasteiger partial charge < -0.3 is 10.1 Å². The van der Waals surface area contributed by atoms with Gasteiger partial charge in [0.05, 0.1) is 7.11 Å². The third-order valence-corrected chi connectivity index (χ3v) is 4.10. The average molecular weight is 308 g/mol. The van der Waals surface area contributed by atoms with Crippen molar-refractivity contribution < 1.29 is 4.74 Å². The van der Waals surface area contributed by atoms with Crippen LogP contribution < -0.4 is 10.1 Å². The lowest BCUT2D eigenvalue weighted by molar-refractivity contribution is 0.408. The molecule has 0 aliphatic carbocycles. The first kappa shape index (κ1) is 15.2. The Morgan fingerprint density at radius 3 is 2.70 bits per heavy atom. The van der Waals surface area contributed by atoms with E-state index >= 15 is 0 Å². The van der Waals surface area contributed by atoms with Crippen molar-refractivity contribution in [3.63, 3.8) is 0 Å². The zero-order chi connectivity index (χ0) is 14.2. The first-order valence-electron chi connectivity index (χ1n) is 6.50. The molecule has 0 bridgehead atoms. The van der Waals surface area contributed by atoms with Crippen molar-refractivity contribution >= 4 is 23.4 Å². The smallest absolute Gasteiger partial charge is 0.123 e. The molecule has 0 amide bonds. The van der Waals surface area contributed by atoms with Crippen LogP contribution in [0.3, 0.4) is 0 Å². The zero-order valence-electron chi connectivity index (χ0n) is 11.4. The van der Waals surface area contributed by atoms with Gasteiger partial charge in [0.15, 0.2) is 0 Å². The minimum Gasteiger partial charge on any atom is -0.496 e. The largest absolute Gasteiger partial charge is 0.496 e. The molecule has 2 aromatic carbocycles. The molecule has 20 heavy (non-hydrogen) atoms. The van der Waals surface area contributed by atoms with Gasteiger partial charge in [0.25, 0.3) is 0 Å². The molecule has 0 unspecified atom stereocenters. The van der Waals surface area contributed by atoms with Gasteiger partial charge in [-0.3, -0.25) is 0 Å². The van der Waals surface area contributed by atoms with Crippen LogP contribution in [0.15, 0.2) is 53.4 Å². The third-order valence-electron chi connectivity index (χ3n) is 2.85. The predicted octanol–water partition coefficient (Wildman–Crippen LogP) is 4.23. The molecule has 0 aliphatic heterocycles. The quantitative estimate of drug-likeness (QED) is 0.611. The molecule has 2 nitrogen and oxygen atoms in total. The molecule has 2 rings (SSSR count). The molecule has 0 saturated heterocycles. The maximum Gasteiger partial charge on any atom is 0.123 e. The Morgan fingerprint density at radius 2 is 1.95 bits per heavy atom. The number of nitrogens with one attached hydrogen (secondary N) is 1. The van der Waals surface area contributed by atoms with E-state index in [-0.39, 0.29) is 0 Å². The SMILES string of the molecule is COc1ccc(Cl)cc1CNCCSc1ccccc1. The fraction of sp³-hybridized carbons (Fsp3) is 0.250. The Bertz CT molecular complexity index is 533. The molecule has 0 atom stereocenters. The summed E-state index contributed by atoms with van der Waals surface area (Å²) in [4.78, 5) is 1.30. The van der Waals surface area contributed by atoms with E-state index in [1.807, 2.05) is 36.0 Å². The van der Waals surface area contributed by atoms with Crippen LogP contribution in [0.1, 0.15) is 5.56 Å². The maximum atomic E-state index is 6.01. The number of benzene rings is 2. The molecule has 0 aliphatic rings. The van der Waals surface area contributed by atoms with E-state index in [1.165, 1.54) is 4.90 Å². The number of thioether (sulfide) groups is 1. The van der Waals surface area contributed by atoms with Crippen LogP contribution >= 0.6 is 23.4 Å². The van der Waals surface area contributed by atoms with E-state index in [9.17, 15) is 0 Å². The molecule has 4 heteroatoms. The van der Waals surface area contributed by atoms with E-state index in [0.29, 0.717) is 0 Å². The topological polar surface area (TPSA) is 21.3 Å². The molecule has 2 aromatic rings. The molecule has 106 valence electrons. The number of ether oxygens (including phenoxy) is 1. The zero-order valence-corrected chi connectivity index (χ0v) is 13.0. The average Bonchev–Trinajstić information content (AvgIpc) is 2.48. The van der Waals surface area contributed by atoms with Crippen LogP contribution in [0.4, 0.5) is 0 Å². The lowest BCUT2D eigenvalue weighted by atomic mass is 10.2. The first-order valence-corrected chi connectivity index (χ1v) is 7.87. The lowest BCUT2D eigenvalue weighted by Crippen LogP contribution is -2.17. The Balaban J connectivity index is 1.75. The molecule has 0 saturated carbocycles. The number of hydrogen-bond acceptors (Lipinski definition) is 3. The second-order valence-corrected chi connectivity index (χ2v) is 5.90. The van der Waals surface area contributed by atoms with E-state index in [2.05, 4.69) is 29.6 Å². The fourth-order valence-electron chi connectivity index (χ4n) is 1.87. The van der Waals surface area contributed by atoms with Crippen LogP contribution in [0.5, 0.6) is 5.75 Å². The minimum absolute atomic E-state index is 0.737. The molecular weight excluding hydrogens is 290 g/mol. The van der Waals surface area contributed by atoms with Gasteiger partial charge >= 0.3 is 0 Å². The van der Waals surface area contributed by atoms with Gasteiger partial charge in [-0.15, -0.1) is 11.8 Å². The highest BCUT2D eigenvalue weighted by Crippen LogP contribution is 2.22. The Morgan fingerprint density at radius 1 is 1.15 bits per heavy atom. The summed E-state index contributed by atoms with van der Waals surface area (Å²) in [6, 6.07) is 16.1. The van der Waals surface area contributed by atoms with Gasteiger partial charge in [-0.05, 0) is 30.3 Å². The van der Waals surface area contributed by atoms with Gasteiger partial charge in [0, 0.05) is 34.3 Å². The van der Waals surface area contributed by atoms with Crippen LogP contribution in [-0.2, 0) is 6.54 Å². The molecule has 0 aromatic heterocycles. The molecule has 0 heterocycles. The van der Waals surface area contributed by atoms with Crippen LogP contribution in [-0.4, -0.2) is 19.4 Å². The van der Waals surface area contributed by atoms with Gasteiger partial charge in [0.1, 0.15) is 5.75 Å². The third kappa shape index (κ3) is 4.75. The summed E-state index contributed by atoms with van der Waals surface area (Å²) in [5.74, 6) is 1.91. The Labute approximate surface area is 129 Å². The van der Waals surface area contributed by atoms with Crippen LogP contribution in [0, 0.1) is 0 Å². The van der Waals surface area contributed by atoms with E-state index in [4.69, 9.17) is 16.3 Å². The van der Waals surface area contributed by atoms with Crippen molar-refractivity contribution in [2.24, 2.45) is 0 Å². The fourth-order valence-corrected chi connectivity index (χ4v) is 2.89. The summed E-state index contributed by atoms with van der Waals surface area (Å²) in [5.41, 5.74) is 1.09. The molecule has 1 N–H and O–H groups in total. The number of hydrogen-bond donors (Lipinski definition) is 1. The number of rotatable bonds is 7. The van der Waals surface area contributed by atoms with Crippen LogP contribution in [0.2, 0.25) is 5.02 Å². The van der Waals surface area contributed by atoms with Gasteiger partial charge in [0.2, 0.25) is 0 Å². The van der Waals surface area contributed by atoms with Gasteiger partial charge in [-0.1, -0.05) is 29.8 Å². The van der Waals surface area contributed by atoms with Crippen molar-refractivity contribution in [2.45, 2.75) is 11.4 Å². The van der Waals surface area contributed by atoms with Crippen molar-refractivity contribution in [1.82, 2.24) is 5.32 Å². The monoisotopic (exact) mass is 307 g/mol. The standard InChI is InChI=1S/C16H18ClNOS/c1-19-16-8-7-14(17)11-13(16)12-18-9-10-20-15-5-3-2-4-6-15/h2-8,11,18H,9-10,12H2,1H3. The summed E-state index contributed by atoms with van der Waals surface area (Å²) < 4.78 is 5.32. The summed E-state index contributed by atoms with van der Waals surface area (Å²) in [6.45, 7) is 1.70. The summed E-state index contributed by atoms with van der Waals surface area (Å²) >= 11 is 7.86. The first-order chi connectivity index (χ1) is 9.79. The summed E-state index contributed by atoms with van der Waals surface area (Å²) in [6.07, 6.45) is 0. The second kappa shape index (κ2) is 8.20. The van der Waals surface area contributed by atoms with Crippen molar-refractivity contribution in [1.29, 1.82) is 0 Å². The predicted molar refractivity (Wildman–Crippen MR) is 86.9 cm³/mol. The van der Waals surface area contributed by atoms with Crippen molar-refractivity contribution in [3.8, 4) is 5.75 Å². The van der Waals surface area contributed by atoms with E-state index in [0.717, 1.165) is 35.2 Å². The second-order valence-electron chi connectivity index (χ2n) is 4.29. The number of methoxy groups -OCH3 is 1. The maximum absolute atomic E-state index is 6.01. The lowest BCUT2D eigenvalue weighted by Gasteiger charge is -2.10. The minimum atomic E-state index is 0.737.